The minimum absolute atomic E-state index is 0.264. The van der Waals surface area contributed by atoms with E-state index in [0.29, 0.717) is 5.25 Å². The lowest BCUT2D eigenvalue weighted by atomic mass is 10.1. The molecule has 21 heavy (non-hydrogen) atoms. The Balaban J connectivity index is 2.71. The average molecular weight is 311 g/mol. The summed E-state index contributed by atoms with van der Waals surface area (Å²) in [5.41, 5.74) is 4.41. The van der Waals surface area contributed by atoms with E-state index in [9.17, 15) is 9.59 Å². The van der Waals surface area contributed by atoms with Crippen molar-refractivity contribution in [1.29, 1.82) is 0 Å². The fourth-order valence-corrected chi connectivity index (χ4v) is 2.52. The van der Waals surface area contributed by atoms with Gasteiger partial charge in [0.2, 0.25) is 0 Å². The molecule has 0 bridgehead atoms. The Morgan fingerprint density at radius 3 is 2.71 bits per heavy atom. The fraction of sp³-hybridized carbons (Fsp3) is 0.500. The number of hydrogen-bond acceptors (Lipinski definition) is 5. The van der Waals surface area contributed by atoms with E-state index in [2.05, 4.69) is 24.1 Å². The van der Waals surface area contributed by atoms with Gasteiger partial charge >= 0.3 is 6.09 Å². The number of nitrogens with two attached hydrogens (primary N) is 1. The zero-order chi connectivity index (χ0) is 16.0. The van der Waals surface area contributed by atoms with E-state index in [0.717, 1.165) is 10.6 Å². The van der Waals surface area contributed by atoms with Gasteiger partial charge in [0, 0.05) is 16.3 Å². The van der Waals surface area contributed by atoms with Gasteiger partial charge in [0.15, 0.2) is 5.60 Å². The van der Waals surface area contributed by atoms with Crippen LogP contribution in [0.2, 0.25) is 0 Å². The van der Waals surface area contributed by atoms with Gasteiger partial charge in [-0.05, 0) is 26.0 Å². The summed E-state index contributed by atoms with van der Waals surface area (Å²) < 4.78 is 4.78. The number of nitrogens with one attached hydrogen (secondary N) is 1. The summed E-state index contributed by atoms with van der Waals surface area (Å²) in [6.07, 6.45) is 0.695. The molecule has 0 saturated heterocycles. The first-order chi connectivity index (χ1) is 9.72. The second-order valence-corrected chi connectivity index (χ2v) is 6.85. The van der Waals surface area contributed by atoms with Gasteiger partial charge in [0.25, 0.3) is 5.91 Å². The maximum absolute atomic E-state index is 12.0. The molecule has 116 valence electrons. The molecule has 1 aromatic rings. The highest BCUT2D eigenvalue weighted by Crippen LogP contribution is 2.25. The molecule has 1 aromatic heterocycles. The van der Waals surface area contributed by atoms with E-state index in [1.807, 2.05) is 12.1 Å². The fourth-order valence-electron chi connectivity index (χ4n) is 1.59. The monoisotopic (exact) mass is 311 g/mol. The average Bonchev–Trinajstić information content (AvgIpc) is 2.35. The molecule has 0 aliphatic carbocycles. The predicted octanol–water partition coefficient (Wildman–Crippen LogP) is 2.07. The van der Waals surface area contributed by atoms with Crippen molar-refractivity contribution >= 4 is 23.8 Å². The number of ether oxygens (including phenoxy) is 1. The summed E-state index contributed by atoms with van der Waals surface area (Å²) in [6.45, 7) is 7.40. The van der Waals surface area contributed by atoms with Crippen LogP contribution in [0.5, 0.6) is 0 Å². The highest BCUT2D eigenvalue weighted by atomic mass is 32.2. The molecule has 0 saturated carbocycles. The third-order valence-corrected chi connectivity index (χ3v) is 3.63. The Bertz CT molecular complexity index is 518. The van der Waals surface area contributed by atoms with Gasteiger partial charge in [0.1, 0.15) is 0 Å². The van der Waals surface area contributed by atoms with E-state index >= 15 is 0 Å². The lowest BCUT2D eigenvalue weighted by Gasteiger charge is -2.23. The molecule has 0 unspecified atom stereocenters. The smallest absolute Gasteiger partial charge is 0.405 e. The first-order valence-electron chi connectivity index (χ1n) is 6.59. The molecule has 1 rings (SSSR count). The van der Waals surface area contributed by atoms with Crippen molar-refractivity contribution in [3.8, 4) is 0 Å². The van der Waals surface area contributed by atoms with Gasteiger partial charge in [-0.15, -0.1) is 11.8 Å². The molecule has 2 amide bonds. The van der Waals surface area contributed by atoms with Crippen LogP contribution in [0.15, 0.2) is 23.2 Å². The Hall–Kier alpha value is -1.76. The predicted molar refractivity (Wildman–Crippen MR) is 81.8 cm³/mol. The minimum atomic E-state index is -1.31. The van der Waals surface area contributed by atoms with Crippen LogP contribution in [0, 0.1) is 0 Å². The molecule has 0 aliphatic heterocycles. The van der Waals surface area contributed by atoms with Crippen LogP contribution in [-0.4, -0.2) is 27.8 Å². The van der Waals surface area contributed by atoms with Crippen LogP contribution in [0.1, 0.15) is 33.4 Å². The van der Waals surface area contributed by atoms with Crippen molar-refractivity contribution in [1.82, 2.24) is 10.3 Å². The number of carbonyl (C=O) groups is 2. The summed E-state index contributed by atoms with van der Waals surface area (Å²) in [5, 5.41) is 3.13. The van der Waals surface area contributed by atoms with Gasteiger partial charge in [-0.25, -0.2) is 4.79 Å². The normalized spacial score (nSPS) is 11.3. The highest BCUT2D eigenvalue weighted by Gasteiger charge is 2.31. The number of rotatable bonds is 6. The maximum Gasteiger partial charge on any atom is 0.405 e. The second-order valence-electron chi connectivity index (χ2n) is 5.23. The Labute approximate surface area is 128 Å². The molecule has 0 radical (unpaired) electrons. The van der Waals surface area contributed by atoms with E-state index in [-0.39, 0.29) is 6.54 Å². The molecule has 0 aliphatic rings. The number of aromatic nitrogens is 1. The quantitative estimate of drug-likeness (QED) is 0.784. The van der Waals surface area contributed by atoms with Crippen molar-refractivity contribution in [2.75, 3.05) is 0 Å². The molecule has 6 nitrogen and oxygen atoms in total. The summed E-state index contributed by atoms with van der Waals surface area (Å²) >= 11 is 1.68. The minimum Gasteiger partial charge on any atom is -0.434 e. The summed E-state index contributed by atoms with van der Waals surface area (Å²) in [7, 11) is 0. The van der Waals surface area contributed by atoms with Crippen molar-refractivity contribution in [2.24, 2.45) is 5.73 Å². The SMILES string of the molecule is CC(C)Sc1cccnc1CNC(=O)C(C)(C)OC(N)=O. The zero-order valence-corrected chi connectivity index (χ0v) is 13.5. The number of amides is 2. The van der Waals surface area contributed by atoms with Crippen molar-refractivity contribution in [2.45, 2.75) is 50.0 Å². The van der Waals surface area contributed by atoms with E-state index < -0.39 is 17.6 Å². The lowest BCUT2D eigenvalue weighted by Crippen LogP contribution is -2.46. The van der Waals surface area contributed by atoms with Gasteiger partial charge < -0.3 is 15.8 Å². The van der Waals surface area contributed by atoms with Crippen LogP contribution in [0.4, 0.5) is 4.79 Å². The third-order valence-electron chi connectivity index (χ3n) is 2.53. The van der Waals surface area contributed by atoms with Gasteiger partial charge in [-0.2, -0.15) is 0 Å². The first kappa shape index (κ1) is 17.3. The molecule has 3 N–H and O–H groups in total. The number of thioether (sulfide) groups is 1. The molecule has 0 aromatic carbocycles. The standard InChI is InChI=1S/C14H21N3O3S/c1-9(2)21-11-6-5-7-16-10(11)8-17-12(18)14(3,4)20-13(15)19/h5-7,9H,8H2,1-4H3,(H2,15,19)(H,17,18). The number of primary amides is 1. The van der Waals surface area contributed by atoms with Crippen molar-refractivity contribution < 1.29 is 14.3 Å². The third kappa shape index (κ3) is 5.63. The molecule has 0 spiro atoms. The Morgan fingerprint density at radius 1 is 1.48 bits per heavy atom. The van der Waals surface area contributed by atoms with Crippen LogP contribution < -0.4 is 11.1 Å². The Morgan fingerprint density at radius 2 is 2.14 bits per heavy atom. The second kappa shape index (κ2) is 7.31. The van der Waals surface area contributed by atoms with E-state index in [4.69, 9.17) is 10.5 Å². The highest BCUT2D eigenvalue weighted by molar-refractivity contribution is 8.00. The van der Waals surface area contributed by atoms with Crippen molar-refractivity contribution in [3.05, 3.63) is 24.0 Å². The number of pyridine rings is 1. The van der Waals surface area contributed by atoms with Crippen LogP contribution >= 0.6 is 11.8 Å². The Kier molecular flexibility index (Phi) is 6.02. The van der Waals surface area contributed by atoms with Crippen molar-refractivity contribution in [3.63, 3.8) is 0 Å². The molecule has 1 heterocycles. The summed E-state index contributed by atoms with van der Waals surface area (Å²) in [5.74, 6) is -0.424. The molecule has 0 atom stereocenters. The number of carbonyl (C=O) groups excluding carboxylic acids is 2. The van der Waals surface area contributed by atoms with Gasteiger partial charge in [0.05, 0.1) is 12.2 Å². The topological polar surface area (TPSA) is 94.3 Å². The summed E-state index contributed by atoms with van der Waals surface area (Å²) in [6, 6.07) is 3.82. The molecular weight excluding hydrogens is 290 g/mol. The summed E-state index contributed by atoms with van der Waals surface area (Å²) in [4.78, 5) is 28.1. The molecule has 0 fully saturated rings. The van der Waals surface area contributed by atoms with Crippen LogP contribution in [0.3, 0.4) is 0 Å². The maximum atomic E-state index is 12.0. The van der Waals surface area contributed by atoms with E-state index in [1.165, 1.54) is 13.8 Å². The zero-order valence-electron chi connectivity index (χ0n) is 12.7. The molecular formula is C14H21N3O3S. The van der Waals surface area contributed by atoms with Crippen LogP contribution in [-0.2, 0) is 16.1 Å². The first-order valence-corrected chi connectivity index (χ1v) is 7.47. The van der Waals surface area contributed by atoms with Gasteiger partial charge in [-0.3, -0.25) is 9.78 Å². The lowest BCUT2D eigenvalue weighted by molar-refractivity contribution is -0.136. The van der Waals surface area contributed by atoms with Gasteiger partial charge in [-0.1, -0.05) is 13.8 Å². The molecule has 7 heteroatoms. The number of nitrogens with zero attached hydrogens (tertiary/aromatic N) is 1. The van der Waals surface area contributed by atoms with E-state index in [1.54, 1.807) is 18.0 Å². The largest absolute Gasteiger partial charge is 0.434 e. The number of hydrogen-bond donors (Lipinski definition) is 2. The van der Waals surface area contributed by atoms with Crippen LogP contribution in [0.25, 0.3) is 0 Å².